The molecular formula is C11H17ClN2O4S. The first kappa shape index (κ1) is 16.0. The molecule has 6 nitrogen and oxygen atoms in total. The minimum Gasteiger partial charge on any atom is -0.481 e. The Balaban J connectivity index is 3.02. The molecule has 1 aromatic heterocycles. The summed E-state index contributed by atoms with van der Waals surface area (Å²) in [7, 11) is -1.95. The number of hydrogen-bond donors (Lipinski definition) is 1. The molecular weight excluding hydrogens is 292 g/mol. The van der Waals surface area contributed by atoms with Crippen LogP contribution in [0.3, 0.4) is 0 Å². The fourth-order valence-corrected chi connectivity index (χ4v) is 3.52. The SMILES string of the molecule is CCc1nn(C)c(CS(=O)(=O)C(C)CC(=O)O)c1Cl. The summed E-state index contributed by atoms with van der Waals surface area (Å²) in [5, 5.41) is 12.2. The molecule has 0 aliphatic carbocycles. The molecule has 0 aliphatic rings. The molecule has 0 spiro atoms. The number of carboxylic acids is 1. The third-order valence-corrected chi connectivity index (χ3v) is 5.42. The van der Waals surface area contributed by atoms with Gasteiger partial charge in [-0.05, 0) is 13.3 Å². The van der Waals surface area contributed by atoms with Crippen LogP contribution in [-0.4, -0.2) is 34.5 Å². The largest absolute Gasteiger partial charge is 0.481 e. The fourth-order valence-electron chi connectivity index (χ4n) is 1.68. The molecule has 0 amide bonds. The number of halogens is 1. The van der Waals surface area contributed by atoms with E-state index in [2.05, 4.69) is 5.10 Å². The minimum absolute atomic E-state index is 0.302. The van der Waals surface area contributed by atoms with Crippen LogP contribution in [0.2, 0.25) is 5.02 Å². The van der Waals surface area contributed by atoms with Crippen molar-refractivity contribution >= 4 is 27.4 Å². The van der Waals surface area contributed by atoms with Crippen LogP contribution in [0.15, 0.2) is 0 Å². The Morgan fingerprint density at radius 3 is 2.53 bits per heavy atom. The molecule has 8 heteroatoms. The number of sulfone groups is 1. The third-order valence-electron chi connectivity index (χ3n) is 2.92. The molecule has 0 saturated carbocycles. The highest BCUT2D eigenvalue weighted by atomic mass is 35.5. The number of aryl methyl sites for hydroxylation is 2. The maximum absolute atomic E-state index is 12.1. The maximum Gasteiger partial charge on any atom is 0.304 e. The van der Waals surface area contributed by atoms with Crippen LogP contribution >= 0.6 is 11.6 Å². The molecule has 0 saturated heterocycles. The quantitative estimate of drug-likeness (QED) is 0.858. The molecule has 1 N–H and O–H groups in total. The third kappa shape index (κ3) is 3.70. The van der Waals surface area contributed by atoms with E-state index in [-0.39, 0.29) is 5.75 Å². The molecule has 1 unspecified atom stereocenters. The minimum atomic E-state index is -3.57. The van der Waals surface area contributed by atoms with Crippen LogP contribution < -0.4 is 0 Å². The van der Waals surface area contributed by atoms with Gasteiger partial charge in [0.05, 0.1) is 33.8 Å². The second-order valence-corrected chi connectivity index (χ2v) is 7.20. The second kappa shape index (κ2) is 5.92. The summed E-state index contributed by atoms with van der Waals surface area (Å²) in [6.07, 6.45) is 0.190. The van der Waals surface area contributed by atoms with E-state index in [9.17, 15) is 13.2 Å². The van der Waals surface area contributed by atoms with Crippen molar-refractivity contribution in [1.82, 2.24) is 9.78 Å². The molecule has 0 bridgehead atoms. The zero-order valence-corrected chi connectivity index (χ0v) is 12.6. The highest BCUT2D eigenvalue weighted by molar-refractivity contribution is 7.91. The van der Waals surface area contributed by atoms with Gasteiger partial charge >= 0.3 is 5.97 Å². The molecule has 1 heterocycles. The predicted molar refractivity (Wildman–Crippen MR) is 71.9 cm³/mol. The van der Waals surface area contributed by atoms with Gasteiger partial charge in [-0.2, -0.15) is 5.10 Å². The van der Waals surface area contributed by atoms with E-state index < -0.39 is 27.5 Å². The molecule has 1 rings (SSSR count). The van der Waals surface area contributed by atoms with Gasteiger partial charge in [0.25, 0.3) is 0 Å². The Bertz CT molecular complexity index is 580. The molecule has 1 atom stereocenters. The summed E-state index contributed by atoms with van der Waals surface area (Å²) in [4.78, 5) is 10.6. The van der Waals surface area contributed by atoms with Crippen LogP contribution in [0.4, 0.5) is 0 Å². The standard InChI is InChI=1S/C11H17ClN2O4S/c1-4-8-11(12)9(14(3)13-8)6-19(17,18)7(2)5-10(15)16/h7H,4-6H2,1-3H3,(H,15,16). The second-order valence-electron chi connectivity index (χ2n) is 4.40. The average molecular weight is 309 g/mol. The van der Waals surface area contributed by atoms with Crippen molar-refractivity contribution < 1.29 is 18.3 Å². The number of aliphatic carboxylic acids is 1. The molecule has 0 fully saturated rings. The summed E-state index contributed by atoms with van der Waals surface area (Å²) in [5.41, 5.74) is 1.04. The molecule has 1 aromatic rings. The number of aromatic nitrogens is 2. The molecule has 0 aromatic carbocycles. The first-order valence-corrected chi connectivity index (χ1v) is 7.92. The van der Waals surface area contributed by atoms with Gasteiger partial charge < -0.3 is 5.11 Å². The Labute approximate surface area is 117 Å². The van der Waals surface area contributed by atoms with E-state index in [0.29, 0.717) is 22.8 Å². The smallest absolute Gasteiger partial charge is 0.304 e. The highest BCUT2D eigenvalue weighted by Gasteiger charge is 2.27. The van der Waals surface area contributed by atoms with Gasteiger partial charge in [0, 0.05) is 7.05 Å². The average Bonchev–Trinajstić information content (AvgIpc) is 2.55. The zero-order valence-electron chi connectivity index (χ0n) is 11.1. The number of carboxylic acid groups (broad SMARTS) is 1. The van der Waals surface area contributed by atoms with Gasteiger partial charge in [0.15, 0.2) is 9.84 Å². The van der Waals surface area contributed by atoms with Crippen molar-refractivity contribution in [1.29, 1.82) is 0 Å². The lowest BCUT2D eigenvalue weighted by molar-refractivity contribution is -0.136. The number of rotatable bonds is 6. The predicted octanol–water partition coefficient (Wildman–Crippen LogP) is 1.41. The topological polar surface area (TPSA) is 89.3 Å². The molecule has 19 heavy (non-hydrogen) atoms. The van der Waals surface area contributed by atoms with Gasteiger partial charge in [0.1, 0.15) is 0 Å². The van der Waals surface area contributed by atoms with Gasteiger partial charge in [0.2, 0.25) is 0 Å². The summed E-state index contributed by atoms with van der Waals surface area (Å²) >= 11 is 6.08. The zero-order chi connectivity index (χ0) is 14.8. The summed E-state index contributed by atoms with van der Waals surface area (Å²) < 4.78 is 25.6. The summed E-state index contributed by atoms with van der Waals surface area (Å²) in [6.45, 7) is 3.26. The van der Waals surface area contributed by atoms with E-state index in [4.69, 9.17) is 16.7 Å². The Kier molecular flexibility index (Phi) is 4.98. The Morgan fingerprint density at radius 2 is 2.11 bits per heavy atom. The van der Waals surface area contributed by atoms with Crippen LogP contribution in [0, 0.1) is 0 Å². The monoisotopic (exact) mass is 308 g/mol. The van der Waals surface area contributed by atoms with Crippen molar-refractivity contribution in [3.63, 3.8) is 0 Å². The van der Waals surface area contributed by atoms with Gasteiger partial charge in [-0.1, -0.05) is 18.5 Å². The number of hydrogen-bond acceptors (Lipinski definition) is 4. The van der Waals surface area contributed by atoms with E-state index >= 15 is 0 Å². The fraction of sp³-hybridized carbons (Fsp3) is 0.636. The summed E-state index contributed by atoms with van der Waals surface area (Å²) in [5.74, 6) is -1.44. The lowest BCUT2D eigenvalue weighted by Gasteiger charge is -2.11. The van der Waals surface area contributed by atoms with Crippen LogP contribution in [0.1, 0.15) is 31.7 Å². The van der Waals surface area contributed by atoms with Crippen LogP contribution in [0.25, 0.3) is 0 Å². The van der Waals surface area contributed by atoms with E-state index in [1.807, 2.05) is 6.92 Å². The van der Waals surface area contributed by atoms with E-state index in [0.717, 1.165) is 0 Å². The van der Waals surface area contributed by atoms with E-state index in [1.165, 1.54) is 11.6 Å². The van der Waals surface area contributed by atoms with Crippen molar-refractivity contribution in [2.75, 3.05) is 0 Å². The van der Waals surface area contributed by atoms with Crippen molar-refractivity contribution in [2.45, 2.75) is 37.7 Å². The van der Waals surface area contributed by atoms with Gasteiger partial charge in [-0.25, -0.2) is 8.42 Å². The number of carbonyl (C=O) groups is 1. The Hall–Kier alpha value is -1.08. The normalized spacial score (nSPS) is 13.5. The maximum atomic E-state index is 12.1. The molecule has 0 radical (unpaired) electrons. The summed E-state index contributed by atoms with van der Waals surface area (Å²) in [6, 6.07) is 0. The van der Waals surface area contributed by atoms with Crippen LogP contribution in [-0.2, 0) is 33.9 Å². The van der Waals surface area contributed by atoms with E-state index in [1.54, 1.807) is 7.05 Å². The first-order chi connectivity index (χ1) is 8.69. The van der Waals surface area contributed by atoms with Crippen molar-refractivity contribution in [3.8, 4) is 0 Å². The van der Waals surface area contributed by atoms with Crippen LogP contribution in [0.5, 0.6) is 0 Å². The molecule has 108 valence electrons. The lowest BCUT2D eigenvalue weighted by Crippen LogP contribution is -2.23. The van der Waals surface area contributed by atoms with Crippen molar-refractivity contribution in [2.24, 2.45) is 7.05 Å². The Morgan fingerprint density at radius 1 is 1.53 bits per heavy atom. The first-order valence-electron chi connectivity index (χ1n) is 5.82. The lowest BCUT2D eigenvalue weighted by atomic mass is 10.3. The molecule has 0 aliphatic heterocycles. The number of nitrogens with zero attached hydrogens (tertiary/aromatic N) is 2. The van der Waals surface area contributed by atoms with Crippen molar-refractivity contribution in [3.05, 3.63) is 16.4 Å². The highest BCUT2D eigenvalue weighted by Crippen LogP contribution is 2.24. The van der Waals surface area contributed by atoms with Gasteiger partial charge in [-0.3, -0.25) is 9.48 Å². The van der Waals surface area contributed by atoms with Gasteiger partial charge in [-0.15, -0.1) is 0 Å².